The molecule has 0 radical (unpaired) electrons. The highest BCUT2D eigenvalue weighted by Crippen LogP contribution is 2.41. The molecule has 0 spiro atoms. The predicted octanol–water partition coefficient (Wildman–Crippen LogP) is 2.55. The van der Waals surface area contributed by atoms with Crippen LogP contribution in [0.1, 0.15) is 12.5 Å². The molecule has 3 nitrogen and oxygen atoms in total. The lowest BCUT2D eigenvalue weighted by Crippen LogP contribution is -2.41. The molecule has 0 aromatic heterocycles. The first-order chi connectivity index (χ1) is 7.92. The van der Waals surface area contributed by atoms with E-state index in [1.165, 1.54) is 17.8 Å². The number of hydrogen-bond donors (Lipinski definition) is 2. The fourth-order valence-electron chi connectivity index (χ4n) is 1.82. The molecule has 92 valence electrons. The van der Waals surface area contributed by atoms with Gasteiger partial charge >= 0.3 is 5.97 Å². The average Bonchev–Trinajstić information content (AvgIpc) is 2.66. The number of thioether (sulfide) groups is 1. The SMILES string of the molecule is CC1(c2cc(Br)ccc2F)N[C@H](C(=O)O)CS1. The summed E-state index contributed by atoms with van der Waals surface area (Å²) in [6.07, 6.45) is 0. The highest BCUT2D eigenvalue weighted by Gasteiger charge is 2.41. The summed E-state index contributed by atoms with van der Waals surface area (Å²) in [5, 5.41) is 11.9. The zero-order valence-corrected chi connectivity index (χ0v) is 11.4. The third kappa shape index (κ3) is 2.48. The van der Waals surface area contributed by atoms with Crippen LogP contribution in [0.5, 0.6) is 0 Å². The summed E-state index contributed by atoms with van der Waals surface area (Å²) < 4.78 is 14.5. The number of carboxylic acid groups (broad SMARTS) is 1. The Bertz CT molecular complexity index is 471. The van der Waals surface area contributed by atoms with Gasteiger partial charge in [0, 0.05) is 15.8 Å². The Morgan fingerprint density at radius 3 is 3.00 bits per heavy atom. The van der Waals surface area contributed by atoms with Crippen molar-refractivity contribution in [2.75, 3.05) is 5.75 Å². The first-order valence-corrected chi connectivity index (χ1v) is 6.80. The zero-order chi connectivity index (χ0) is 12.6. The molecule has 1 aromatic rings. The number of carbonyl (C=O) groups is 1. The minimum absolute atomic E-state index is 0.332. The minimum Gasteiger partial charge on any atom is -0.480 e. The second kappa shape index (κ2) is 4.59. The molecule has 0 amide bonds. The molecular formula is C11H11BrFNO2S. The summed E-state index contributed by atoms with van der Waals surface area (Å²) in [7, 11) is 0. The van der Waals surface area contributed by atoms with Crippen LogP contribution < -0.4 is 5.32 Å². The number of nitrogens with one attached hydrogen (secondary N) is 1. The maximum Gasteiger partial charge on any atom is 0.321 e. The maximum absolute atomic E-state index is 13.8. The normalized spacial score (nSPS) is 28.3. The second-order valence-corrected chi connectivity index (χ2v) is 6.36. The van der Waals surface area contributed by atoms with Gasteiger partial charge in [0.2, 0.25) is 0 Å². The molecule has 1 aromatic carbocycles. The van der Waals surface area contributed by atoms with Crippen molar-refractivity contribution in [2.45, 2.75) is 17.8 Å². The summed E-state index contributed by atoms with van der Waals surface area (Å²) in [6.45, 7) is 1.80. The van der Waals surface area contributed by atoms with Crippen molar-refractivity contribution in [3.63, 3.8) is 0 Å². The van der Waals surface area contributed by atoms with Gasteiger partial charge < -0.3 is 5.11 Å². The summed E-state index contributed by atoms with van der Waals surface area (Å²) in [4.78, 5) is 10.2. The number of hydrogen-bond acceptors (Lipinski definition) is 3. The molecule has 6 heteroatoms. The molecule has 17 heavy (non-hydrogen) atoms. The number of halogens is 2. The van der Waals surface area contributed by atoms with Gasteiger partial charge in [-0.1, -0.05) is 15.9 Å². The molecule has 0 saturated carbocycles. The first-order valence-electron chi connectivity index (χ1n) is 5.02. The Hall–Kier alpha value is -0.590. The van der Waals surface area contributed by atoms with Gasteiger partial charge in [0.05, 0.1) is 4.87 Å². The standard InChI is InChI=1S/C11H11BrFNO2S/c1-11(14-9(5-17-11)10(15)16)7-4-6(12)2-3-8(7)13/h2-4,9,14H,5H2,1H3,(H,15,16)/t9-,11?/m0/s1. The van der Waals surface area contributed by atoms with E-state index in [2.05, 4.69) is 21.2 Å². The maximum atomic E-state index is 13.8. The molecule has 1 aliphatic heterocycles. The van der Waals surface area contributed by atoms with Crippen LogP contribution in [0.4, 0.5) is 4.39 Å². The van der Waals surface area contributed by atoms with E-state index in [0.717, 1.165) is 4.47 Å². The van der Waals surface area contributed by atoms with E-state index in [-0.39, 0.29) is 5.82 Å². The van der Waals surface area contributed by atoms with Crippen molar-refractivity contribution in [3.05, 3.63) is 34.1 Å². The Kier molecular flexibility index (Phi) is 3.47. The third-order valence-corrected chi connectivity index (χ3v) is 4.64. The van der Waals surface area contributed by atoms with Crippen LogP contribution >= 0.6 is 27.7 Å². The first kappa shape index (κ1) is 12.9. The van der Waals surface area contributed by atoms with Gasteiger partial charge in [-0.25, -0.2) is 4.39 Å². The van der Waals surface area contributed by atoms with Crippen molar-refractivity contribution in [1.29, 1.82) is 0 Å². The van der Waals surface area contributed by atoms with E-state index in [0.29, 0.717) is 11.3 Å². The van der Waals surface area contributed by atoms with Crippen molar-refractivity contribution in [1.82, 2.24) is 5.32 Å². The van der Waals surface area contributed by atoms with Gasteiger partial charge in [-0.05, 0) is 25.1 Å². The van der Waals surface area contributed by atoms with E-state index in [1.54, 1.807) is 19.1 Å². The van der Waals surface area contributed by atoms with Crippen LogP contribution in [0.15, 0.2) is 22.7 Å². The number of rotatable bonds is 2. The van der Waals surface area contributed by atoms with Gasteiger partial charge in [0.15, 0.2) is 0 Å². The van der Waals surface area contributed by atoms with Crippen LogP contribution in [0.25, 0.3) is 0 Å². The lowest BCUT2D eigenvalue weighted by molar-refractivity contribution is -0.138. The van der Waals surface area contributed by atoms with E-state index in [1.807, 2.05) is 0 Å². The van der Waals surface area contributed by atoms with Gasteiger partial charge in [0.1, 0.15) is 11.9 Å². The Balaban J connectivity index is 2.33. The van der Waals surface area contributed by atoms with Crippen molar-refractivity contribution >= 4 is 33.7 Å². The van der Waals surface area contributed by atoms with Gasteiger partial charge in [0.25, 0.3) is 0 Å². The highest BCUT2D eigenvalue weighted by atomic mass is 79.9. The Morgan fingerprint density at radius 2 is 2.41 bits per heavy atom. The number of carboxylic acids is 1. The highest BCUT2D eigenvalue weighted by molar-refractivity contribution is 9.10. The lowest BCUT2D eigenvalue weighted by Gasteiger charge is -2.25. The van der Waals surface area contributed by atoms with Gasteiger partial charge in [-0.15, -0.1) is 11.8 Å². The van der Waals surface area contributed by atoms with Crippen molar-refractivity contribution in [2.24, 2.45) is 0 Å². The summed E-state index contributed by atoms with van der Waals surface area (Å²) in [5.41, 5.74) is 0.473. The van der Waals surface area contributed by atoms with E-state index in [9.17, 15) is 9.18 Å². The van der Waals surface area contributed by atoms with Crippen LogP contribution in [0.3, 0.4) is 0 Å². The summed E-state index contributed by atoms with van der Waals surface area (Å²) >= 11 is 4.70. The molecule has 1 unspecified atom stereocenters. The molecule has 1 fully saturated rings. The zero-order valence-electron chi connectivity index (χ0n) is 9.04. The third-order valence-electron chi connectivity index (χ3n) is 2.73. The summed E-state index contributed by atoms with van der Waals surface area (Å²) in [5.74, 6) is -0.809. The molecule has 1 heterocycles. The second-order valence-electron chi connectivity index (χ2n) is 4.00. The number of aliphatic carboxylic acids is 1. The van der Waals surface area contributed by atoms with E-state index in [4.69, 9.17) is 5.11 Å². The molecular weight excluding hydrogens is 309 g/mol. The minimum atomic E-state index is -0.906. The van der Waals surface area contributed by atoms with E-state index >= 15 is 0 Å². The topological polar surface area (TPSA) is 49.3 Å². The van der Waals surface area contributed by atoms with Crippen LogP contribution in [0, 0.1) is 5.82 Å². The molecule has 0 aliphatic carbocycles. The lowest BCUT2D eigenvalue weighted by atomic mass is 10.1. The molecule has 2 atom stereocenters. The quantitative estimate of drug-likeness (QED) is 0.879. The Labute approximate surface area is 111 Å². The fourth-order valence-corrected chi connectivity index (χ4v) is 3.44. The largest absolute Gasteiger partial charge is 0.480 e. The van der Waals surface area contributed by atoms with Crippen LogP contribution in [-0.2, 0) is 9.67 Å². The van der Waals surface area contributed by atoms with Crippen molar-refractivity contribution in [3.8, 4) is 0 Å². The molecule has 2 rings (SSSR count). The van der Waals surface area contributed by atoms with Crippen LogP contribution in [-0.4, -0.2) is 22.9 Å². The predicted molar refractivity (Wildman–Crippen MR) is 68.5 cm³/mol. The smallest absolute Gasteiger partial charge is 0.321 e. The van der Waals surface area contributed by atoms with Crippen molar-refractivity contribution < 1.29 is 14.3 Å². The molecule has 1 saturated heterocycles. The van der Waals surface area contributed by atoms with Gasteiger partial charge in [-0.2, -0.15) is 0 Å². The van der Waals surface area contributed by atoms with E-state index < -0.39 is 16.9 Å². The molecule has 2 N–H and O–H groups in total. The summed E-state index contributed by atoms with van der Waals surface area (Å²) in [6, 6.07) is 4.04. The van der Waals surface area contributed by atoms with Gasteiger partial charge in [-0.3, -0.25) is 10.1 Å². The molecule has 0 bridgehead atoms. The molecule has 1 aliphatic rings. The number of benzene rings is 1. The fraction of sp³-hybridized carbons (Fsp3) is 0.364. The average molecular weight is 320 g/mol. The monoisotopic (exact) mass is 319 g/mol. The van der Waals surface area contributed by atoms with Crippen LogP contribution in [0.2, 0.25) is 0 Å². The Morgan fingerprint density at radius 1 is 1.71 bits per heavy atom.